The molecule has 0 radical (unpaired) electrons. The van der Waals surface area contributed by atoms with Gasteiger partial charge in [-0.05, 0) is 52.6 Å². The summed E-state index contributed by atoms with van der Waals surface area (Å²) in [6.07, 6.45) is 3.05. The minimum atomic E-state index is 0.172. The van der Waals surface area contributed by atoms with Crippen molar-refractivity contribution in [3.05, 3.63) is 0 Å². The Balaban J connectivity index is 2.20. The number of ether oxygens (including phenoxy) is 1. The average molecular weight is 256 g/mol. The van der Waals surface area contributed by atoms with E-state index >= 15 is 0 Å². The first kappa shape index (κ1) is 15.9. The first-order chi connectivity index (χ1) is 8.38. The van der Waals surface area contributed by atoms with Gasteiger partial charge >= 0.3 is 0 Å². The highest BCUT2D eigenvalue weighted by Crippen LogP contribution is 2.10. The molecular weight excluding hydrogens is 224 g/mol. The minimum Gasteiger partial charge on any atom is -0.375 e. The van der Waals surface area contributed by atoms with Crippen LogP contribution >= 0.6 is 0 Å². The van der Waals surface area contributed by atoms with Crippen molar-refractivity contribution in [2.75, 3.05) is 32.8 Å². The average Bonchev–Trinajstić information content (AvgIpc) is 2.73. The van der Waals surface area contributed by atoms with Gasteiger partial charge in [-0.15, -0.1) is 0 Å². The lowest BCUT2D eigenvalue weighted by molar-refractivity contribution is 0.0103. The molecule has 1 unspecified atom stereocenters. The van der Waals surface area contributed by atoms with Crippen LogP contribution in [0.15, 0.2) is 0 Å². The summed E-state index contributed by atoms with van der Waals surface area (Å²) in [6, 6.07) is 0. The van der Waals surface area contributed by atoms with E-state index in [2.05, 4.69) is 44.8 Å². The lowest BCUT2D eigenvalue weighted by Crippen LogP contribution is -2.43. The highest BCUT2D eigenvalue weighted by molar-refractivity contribution is 4.75. The second-order valence-corrected chi connectivity index (χ2v) is 6.83. The molecule has 18 heavy (non-hydrogen) atoms. The third-order valence-electron chi connectivity index (χ3n) is 3.52. The fourth-order valence-corrected chi connectivity index (χ4v) is 2.23. The summed E-state index contributed by atoms with van der Waals surface area (Å²) in [6.45, 7) is 16.5. The smallest absolute Gasteiger partial charge is 0.0723 e. The maximum Gasteiger partial charge on any atom is 0.0723 e. The molecule has 1 saturated heterocycles. The van der Waals surface area contributed by atoms with Crippen molar-refractivity contribution in [1.29, 1.82) is 0 Å². The third kappa shape index (κ3) is 6.72. The van der Waals surface area contributed by atoms with E-state index in [4.69, 9.17) is 4.74 Å². The molecule has 1 aliphatic heterocycles. The van der Waals surface area contributed by atoms with Crippen LogP contribution in [-0.2, 0) is 4.74 Å². The fraction of sp³-hybridized carbons (Fsp3) is 1.00. The summed E-state index contributed by atoms with van der Waals surface area (Å²) in [5, 5.41) is 3.54. The largest absolute Gasteiger partial charge is 0.375 e. The van der Waals surface area contributed by atoms with Crippen LogP contribution in [0.4, 0.5) is 0 Å². The van der Waals surface area contributed by atoms with Gasteiger partial charge in [-0.25, -0.2) is 0 Å². The van der Waals surface area contributed by atoms with E-state index in [-0.39, 0.29) is 5.54 Å². The third-order valence-corrected chi connectivity index (χ3v) is 3.52. The van der Waals surface area contributed by atoms with Crippen molar-refractivity contribution < 1.29 is 4.74 Å². The van der Waals surface area contributed by atoms with Gasteiger partial charge in [-0.2, -0.15) is 0 Å². The number of nitrogens with zero attached hydrogens (tertiary/aromatic N) is 1. The molecule has 0 aromatic rings. The van der Waals surface area contributed by atoms with Crippen molar-refractivity contribution in [2.24, 2.45) is 5.92 Å². The Hall–Kier alpha value is -0.120. The quantitative estimate of drug-likeness (QED) is 0.757. The van der Waals surface area contributed by atoms with Gasteiger partial charge in [-0.1, -0.05) is 13.8 Å². The molecule has 0 aromatic carbocycles. The zero-order chi connectivity index (χ0) is 13.6. The highest BCUT2D eigenvalue weighted by atomic mass is 16.5. The topological polar surface area (TPSA) is 24.5 Å². The van der Waals surface area contributed by atoms with E-state index in [9.17, 15) is 0 Å². The molecule has 0 saturated carbocycles. The molecule has 0 aliphatic carbocycles. The van der Waals surface area contributed by atoms with Gasteiger partial charge in [0.15, 0.2) is 0 Å². The molecule has 1 aliphatic rings. The Morgan fingerprint density at radius 1 is 1.17 bits per heavy atom. The lowest BCUT2D eigenvalue weighted by atomic mass is 10.0. The summed E-state index contributed by atoms with van der Waals surface area (Å²) < 4.78 is 6.06. The van der Waals surface area contributed by atoms with Gasteiger partial charge in [0.05, 0.1) is 12.7 Å². The Labute approximate surface area is 113 Å². The van der Waals surface area contributed by atoms with Crippen LogP contribution < -0.4 is 5.32 Å². The zero-order valence-corrected chi connectivity index (χ0v) is 13.0. The van der Waals surface area contributed by atoms with Crippen LogP contribution in [-0.4, -0.2) is 49.3 Å². The van der Waals surface area contributed by atoms with E-state index in [0.29, 0.717) is 12.0 Å². The molecule has 1 rings (SSSR count). The van der Waals surface area contributed by atoms with Gasteiger partial charge in [-0.3, -0.25) is 0 Å². The normalized spacial score (nSPS) is 19.7. The predicted molar refractivity (Wildman–Crippen MR) is 78.0 cm³/mol. The van der Waals surface area contributed by atoms with Crippen LogP contribution in [0.3, 0.4) is 0 Å². The van der Waals surface area contributed by atoms with Crippen LogP contribution in [0.25, 0.3) is 0 Å². The molecule has 3 nitrogen and oxygen atoms in total. The molecule has 108 valence electrons. The van der Waals surface area contributed by atoms with Gasteiger partial charge < -0.3 is 15.0 Å². The zero-order valence-electron chi connectivity index (χ0n) is 13.0. The lowest BCUT2D eigenvalue weighted by Gasteiger charge is -2.28. The molecule has 0 aromatic heterocycles. The second kappa shape index (κ2) is 7.46. The Kier molecular flexibility index (Phi) is 6.61. The maximum absolute atomic E-state index is 6.06. The van der Waals surface area contributed by atoms with Gasteiger partial charge in [0, 0.05) is 18.6 Å². The van der Waals surface area contributed by atoms with E-state index in [1.807, 2.05) is 0 Å². The summed E-state index contributed by atoms with van der Waals surface area (Å²) in [5.41, 5.74) is 0.172. The molecule has 0 amide bonds. The van der Waals surface area contributed by atoms with Crippen LogP contribution in [0.5, 0.6) is 0 Å². The number of hydrogen-bond acceptors (Lipinski definition) is 3. The summed E-state index contributed by atoms with van der Waals surface area (Å²) in [7, 11) is 0. The number of nitrogens with one attached hydrogen (secondary N) is 1. The van der Waals surface area contributed by atoms with Crippen molar-refractivity contribution in [3.8, 4) is 0 Å². The minimum absolute atomic E-state index is 0.172. The van der Waals surface area contributed by atoms with Crippen molar-refractivity contribution >= 4 is 0 Å². The molecule has 1 N–H and O–H groups in total. The first-order valence-electron chi connectivity index (χ1n) is 7.47. The van der Waals surface area contributed by atoms with Crippen LogP contribution in [0.2, 0.25) is 0 Å². The van der Waals surface area contributed by atoms with E-state index in [0.717, 1.165) is 19.7 Å². The van der Waals surface area contributed by atoms with Gasteiger partial charge in [0.25, 0.3) is 0 Å². The van der Waals surface area contributed by atoms with Crippen LogP contribution in [0, 0.1) is 5.92 Å². The molecule has 3 heteroatoms. The van der Waals surface area contributed by atoms with Crippen LogP contribution in [0.1, 0.15) is 47.5 Å². The Morgan fingerprint density at radius 2 is 1.78 bits per heavy atom. The number of hydrogen-bond donors (Lipinski definition) is 1. The second-order valence-electron chi connectivity index (χ2n) is 6.83. The molecule has 0 spiro atoms. The summed E-state index contributed by atoms with van der Waals surface area (Å²) in [4.78, 5) is 2.51. The predicted octanol–water partition coefficient (Wildman–Crippen LogP) is 2.51. The summed E-state index contributed by atoms with van der Waals surface area (Å²) in [5.74, 6) is 0.568. The fourth-order valence-electron chi connectivity index (χ4n) is 2.23. The Morgan fingerprint density at radius 3 is 2.28 bits per heavy atom. The standard InChI is InChI=1S/C15H32N2O/c1-13(2)14(12-16-15(3,4)5)18-11-10-17-8-6-7-9-17/h13-14,16H,6-12H2,1-5H3. The molecule has 1 heterocycles. The highest BCUT2D eigenvalue weighted by Gasteiger charge is 2.18. The van der Waals surface area contributed by atoms with Gasteiger partial charge in [0.2, 0.25) is 0 Å². The Bertz CT molecular complexity index is 217. The SMILES string of the molecule is CC(C)C(CNC(C)(C)C)OCCN1CCCC1. The molecule has 0 bridgehead atoms. The molecule has 1 atom stereocenters. The molecule has 1 fully saturated rings. The van der Waals surface area contributed by atoms with Crippen molar-refractivity contribution in [1.82, 2.24) is 10.2 Å². The van der Waals surface area contributed by atoms with Crippen molar-refractivity contribution in [2.45, 2.75) is 59.1 Å². The molecular formula is C15H32N2O. The van der Waals surface area contributed by atoms with E-state index in [1.165, 1.54) is 25.9 Å². The first-order valence-corrected chi connectivity index (χ1v) is 7.47. The summed E-state index contributed by atoms with van der Waals surface area (Å²) >= 11 is 0. The van der Waals surface area contributed by atoms with Crippen molar-refractivity contribution in [3.63, 3.8) is 0 Å². The maximum atomic E-state index is 6.06. The van der Waals surface area contributed by atoms with Gasteiger partial charge in [0.1, 0.15) is 0 Å². The number of rotatable bonds is 7. The number of likely N-dealkylation sites (tertiary alicyclic amines) is 1. The van der Waals surface area contributed by atoms with E-state index < -0.39 is 0 Å². The monoisotopic (exact) mass is 256 g/mol. The van der Waals surface area contributed by atoms with E-state index in [1.54, 1.807) is 0 Å².